The zero-order valence-electron chi connectivity index (χ0n) is 45.5. The molecule has 0 fully saturated rings. The maximum Gasteiger partial charge on any atom is 0.206 e. The lowest BCUT2D eigenvalue weighted by molar-refractivity contribution is 0.414. The van der Waals surface area contributed by atoms with E-state index in [0.29, 0.717) is 46.7 Å². The van der Waals surface area contributed by atoms with E-state index in [9.17, 15) is 16.8 Å². The van der Waals surface area contributed by atoms with Gasteiger partial charge in [0.1, 0.15) is 40.2 Å². The average molecular weight is 1080 g/mol. The first-order valence-corrected chi connectivity index (χ1v) is 28.8. The lowest BCUT2D eigenvalue weighted by Crippen LogP contribution is -2.19. The molecule has 0 heterocycles. The fourth-order valence-electron chi connectivity index (χ4n) is 9.30. The average Bonchev–Trinajstić information content (AvgIpc) is 3.45. The van der Waals surface area contributed by atoms with Crippen molar-refractivity contribution in [2.75, 3.05) is 7.11 Å². The molecule has 0 bridgehead atoms. The summed E-state index contributed by atoms with van der Waals surface area (Å²) in [5, 5.41) is 0. The van der Waals surface area contributed by atoms with Crippen molar-refractivity contribution in [2.24, 2.45) is 0 Å². The minimum Gasteiger partial charge on any atom is -0.497 e. The summed E-state index contributed by atoms with van der Waals surface area (Å²) in [5.74, 6) is 3.97. The number of methoxy groups -OCH3 is 1. The molecule has 0 saturated carbocycles. The predicted molar refractivity (Wildman–Crippen MR) is 315 cm³/mol. The van der Waals surface area contributed by atoms with Crippen molar-refractivity contribution >= 4 is 31.8 Å². The summed E-state index contributed by atoms with van der Waals surface area (Å²) in [4.78, 5) is 0.600. The summed E-state index contributed by atoms with van der Waals surface area (Å²) >= 11 is 0. The smallest absolute Gasteiger partial charge is 0.206 e. The summed E-state index contributed by atoms with van der Waals surface area (Å²) in [6.45, 7) is 22.8. The molecule has 0 aliphatic heterocycles. The first-order chi connectivity index (χ1) is 37.3. The van der Waals surface area contributed by atoms with Crippen molar-refractivity contribution in [1.29, 1.82) is 0 Å². The maximum absolute atomic E-state index is 13.9. The van der Waals surface area contributed by atoms with Crippen LogP contribution in [0.2, 0.25) is 0 Å². The Morgan fingerprint density at radius 2 is 0.744 bits per heavy atom. The Hall–Kier alpha value is -8.18. The van der Waals surface area contributed by atoms with E-state index < -0.39 is 25.1 Å². The van der Waals surface area contributed by atoms with Crippen LogP contribution in [0.15, 0.2) is 227 Å². The highest BCUT2D eigenvalue weighted by atomic mass is 32.2. The van der Waals surface area contributed by atoms with Gasteiger partial charge in [-0.2, -0.15) is 0 Å². The van der Waals surface area contributed by atoms with Gasteiger partial charge < -0.3 is 18.9 Å². The fourth-order valence-corrected chi connectivity index (χ4v) is 11.8. The van der Waals surface area contributed by atoms with Gasteiger partial charge in [0.15, 0.2) is 0 Å². The number of ether oxygens (including phenoxy) is 4. The van der Waals surface area contributed by atoms with E-state index in [4.69, 9.17) is 18.9 Å². The topological polar surface area (TPSA) is 105 Å². The molecule has 0 saturated heterocycles. The number of hydrogen-bond acceptors (Lipinski definition) is 8. The molecular weight excluding hydrogens is 1010 g/mol. The van der Waals surface area contributed by atoms with Crippen LogP contribution in [0.25, 0.3) is 12.2 Å². The van der Waals surface area contributed by atoms with Crippen molar-refractivity contribution in [1.82, 2.24) is 0 Å². The van der Waals surface area contributed by atoms with Crippen molar-refractivity contribution in [3.05, 3.63) is 257 Å². The number of sulfone groups is 2. The van der Waals surface area contributed by atoms with E-state index in [1.165, 1.54) is 35.9 Å². The van der Waals surface area contributed by atoms with Crippen LogP contribution in [0.5, 0.6) is 40.2 Å². The van der Waals surface area contributed by atoms with Crippen LogP contribution in [0.1, 0.15) is 91.6 Å². The largest absolute Gasteiger partial charge is 0.497 e. The molecule has 0 spiro atoms. The molecule has 0 aliphatic rings. The molecule has 0 amide bonds. The standard InChI is InChI=1S/C68H66O8S2/c1-11-15-48-43-52(20-19-47(48)5)67(6,7)53-21-40-64(49(44-53)16-12-2)74-58-28-36-62(37-29-58)78(71,72)63-38-30-59(31-39-63)76-66-42-23-55(46-51(66)18-14-4)68(8,9)54-22-41-65(50(45-54)17-13-3)75-57-26-34-61(35-27-57)77(69,70)60-32-24-56(73-10)25-33-60/h11-14,16-17,19-46H,1,4,15,18H2,2-3,5-10H3/b16-12+,17-13+. The first-order valence-electron chi connectivity index (χ1n) is 25.8. The highest BCUT2D eigenvalue weighted by molar-refractivity contribution is 7.91. The van der Waals surface area contributed by atoms with Crippen LogP contribution in [0, 0.1) is 6.92 Å². The lowest BCUT2D eigenvalue weighted by atomic mass is 9.76. The van der Waals surface area contributed by atoms with Gasteiger partial charge in [-0.3, -0.25) is 0 Å². The Bertz CT molecular complexity index is 3760. The van der Waals surface area contributed by atoms with Gasteiger partial charge in [-0.1, -0.05) is 107 Å². The Kier molecular flexibility index (Phi) is 17.0. The molecule has 8 nitrogen and oxygen atoms in total. The number of hydrogen-bond donors (Lipinski definition) is 0. The van der Waals surface area contributed by atoms with Crippen molar-refractivity contribution in [2.45, 2.75) is 91.7 Å². The molecule has 78 heavy (non-hydrogen) atoms. The van der Waals surface area contributed by atoms with E-state index >= 15 is 0 Å². The minimum absolute atomic E-state index is 0.133. The molecule has 8 aromatic carbocycles. The summed E-state index contributed by atoms with van der Waals surface area (Å²) in [7, 11) is -6.09. The second-order valence-corrected chi connectivity index (χ2v) is 24.0. The van der Waals surface area contributed by atoms with Gasteiger partial charge in [-0.15, -0.1) is 13.2 Å². The van der Waals surface area contributed by atoms with Gasteiger partial charge >= 0.3 is 0 Å². The third kappa shape index (κ3) is 12.2. The summed E-state index contributed by atoms with van der Waals surface area (Å²) in [5.41, 5.74) is 8.90. The molecule has 8 aromatic rings. The molecule has 0 unspecified atom stereocenters. The van der Waals surface area contributed by atoms with E-state index in [1.54, 1.807) is 84.9 Å². The van der Waals surface area contributed by atoms with E-state index in [1.807, 2.05) is 80.6 Å². The Morgan fingerprint density at radius 1 is 0.423 bits per heavy atom. The van der Waals surface area contributed by atoms with Gasteiger partial charge in [0, 0.05) is 22.0 Å². The van der Waals surface area contributed by atoms with E-state index in [0.717, 1.165) is 39.8 Å². The molecule has 0 atom stereocenters. The second kappa shape index (κ2) is 23.6. The van der Waals surface area contributed by atoms with Gasteiger partial charge in [0.2, 0.25) is 19.7 Å². The van der Waals surface area contributed by atoms with Crippen LogP contribution >= 0.6 is 0 Å². The van der Waals surface area contributed by atoms with E-state index in [2.05, 4.69) is 90.2 Å². The third-order valence-corrected chi connectivity index (χ3v) is 17.8. The maximum atomic E-state index is 13.9. The molecule has 8 rings (SSSR count). The molecule has 10 heteroatoms. The van der Waals surface area contributed by atoms with Crippen molar-refractivity contribution in [3.8, 4) is 40.2 Å². The monoisotopic (exact) mass is 1070 g/mol. The molecular formula is C68H66O8S2. The van der Waals surface area contributed by atoms with Crippen LogP contribution in [-0.4, -0.2) is 23.9 Å². The number of allylic oxidation sites excluding steroid dienone is 4. The van der Waals surface area contributed by atoms with Gasteiger partial charge in [0.05, 0.1) is 26.7 Å². The number of aryl methyl sites for hydroxylation is 1. The Labute approximate surface area is 461 Å². The number of benzene rings is 8. The Morgan fingerprint density at radius 3 is 1.12 bits per heavy atom. The molecule has 398 valence electrons. The second-order valence-electron chi connectivity index (χ2n) is 20.1. The highest BCUT2D eigenvalue weighted by Gasteiger charge is 2.28. The molecule has 0 aliphatic carbocycles. The SMILES string of the molecule is C=CCc1cc(C(C)(C)c2ccc(Oc3ccc(S(=O)(=O)c4ccc(Oc5ccc(C(C)(C)c6ccc(Oc7ccc(S(=O)(=O)c8ccc(OC)cc8)cc7)c(/C=C/C)c6)cc5CC=C)cc4)cc3)c(/C=C/C)c2)ccc1C. The summed E-state index contributed by atoms with van der Waals surface area (Å²) in [6, 6.07) is 50.6. The Balaban J connectivity index is 0.942. The highest BCUT2D eigenvalue weighted by Crippen LogP contribution is 2.41. The van der Waals surface area contributed by atoms with Gasteiger partial charge in [0.25, 0.3) is 0 Å². The van der Waals surface area contributed by atoms with E-state index in [-0.39, 0.29) is 25.0 Å². The molecule has 0 radical (unpaired) electrons. The summed E-state index contributed by atoms with van der Waals surface area (Å²) < 4.78 is 78.9. The van der Waals surface area contributed by atoms with Crippen molar-refractivity contribution < 1.29 is 35.8 Å². The lowest BCUT2D eigenvalue weighted by Gasteiger charge is -2.28. The fraction of sp³-hybridized carbons (Fsp3) is 0.176. The number of rotatable bonds is 21. The zero-order chi connectivity index (χ0) is 55.8. The van der Waals surface area contributed by atoms with Gasteiger partial charge in [-0.25, -0.2) is 16.8 Å². The predicted octanol–water partition coefficient (Wildman–Crippen LogP) is 17.2. The first kappa shape index (κ1) is 56.0. The van der Waals surface area contributed by atoms with Crippen LogP contribution in [0.4, 0.5) is 0 Å². The van der Waals surface area contributed by atoms with Crippen LogP contribution in [0.3, 0.4) is 0 Å². The molecule has 0 aromatic heterocycles. The van der Waals surface area contributed by atoms with Crippen LogP contribution in [-0.2, 0) is 43.3 Å². The minimum atomic E-state index is -3.88. The normalized spacial score (nSPS) is 12.2. The summed E-state index contributed by atoms with van der Waals surface area (Å²) in [6.07, 6.45) is 13.0. The van der Waals surface area contributed by atoms with Crippen LogP contribution < -0.4 is 18.9 Å². The molecule has 0 N–H and O–H groups in total. The van der Waals surface area contributed by atoms with Crippen molar-refractivity contribution in [3.63, 3.8) is 0 Å². The zero-order valence-corrected chi connectivity index (χ0v) is 47.2. The van der Waals surface area contributed by atoms with Gasteiger partial charge in [-0.05, 0) is 200 Å². The quantitative estimate of drug-likeness (QED) is 0.0655. The third-order valence-electron chi connectivity index (χ3n) is 14.2.